The van der Waals surface area contributed by atoms with Gasteiger partial charge < -0.3 is 4.84 Å². The van der Waals surface area contributed by atoms with Gasteiger partial charge in [0.25, 0.3) is 11.8 Å². The fourth-order valence-electron chi connectivity index (χ4n) is 2.65. The fraction of sp³-hybridized carbons (Fsp3) is 0. The number of amides is 2. The number of benzene rings is 2. The van der Waals surface area contributed by atoms with Crippen molar-refractivity contribution in [2.45, 2.75) is 0 Å². The number of hydroxylamine groups is 2. The molecule has 0 saturated carbocycles. The average Bonchev–Trinajstić information content (AvgIpc) is 2.90. The van der Waals surface area contributed by atoms with Gasteiger partial charge in [-0.15, -0.1) is 0 Å². The van der Waals surface area contributed by atoms with Crippen LogP contribution in [0.15, 0.2) is 48.7 Å². The summed E-state index contributed by atoms with van der Waals surface area (Å²) in [6.45, 7) is 0. The third-order valence-corrected chi connectivity index (χ3v) is 3.91. The molecule has 4 rings (SSSR count). The zero-order valence-corrected chi connectivity index (χ0v) is 12.9. The number of hydrogen-bond donors (Lipinski definition) is 0. The third kappa shape index (κ3) is 2.31. The molecular formula is C18H8F2N2O4. The molecule has 0 saturated heterocycles. The Bertz CT molecular complexity index is 1080. The maximum atomic E-state index is 13.8. The predicted octanol–water partition coefficient (Wildman–Crippen LogP) is 2.88. The van der Waals surface area contributed by atoms with Gasteiger partial charge in [0.15, 0.2) is 0 Å². The molecule has 0 atom stereocenters. The molecule has 6 nitrogen and oxygen atoms in total. The monoisotopic (exact) mass is 354 g/mol. The molecule has 0 unspecified atom stereocenters. The Morgan fingerprint density at radius 3 is 2.23 bits per heavy atom. The molecule has 1 aliphatic heterocycles. The molecule has 3 aromatic rings. The van der Waals surface area contributed by atoms with Gasteiger partial charge in [-0.2, -0.15) is 0 Å². The molecular weight excluding hydrogens is 346 g/mol. The van der Waals surface area contributed by atoms with Crippen LogP contribution >= 0.6 is 0 Å². The number of halogens is 2. The van der Waals surface area contributed by atoms with Gasteiger partial charge in [-0.05, 0) is 30.3 Å². The molecule has 1 aliphatic rings. The summed E-state index contributed by atoms with van der Waals surface area (Å²) in [7, 11) is 0. The zero-order valence-electron chi connectivity index (χ0n) is 12.9. The number of carbonyl (C=O) groups is 3. The Morgan fingerprint density at radius 1 is 0.962 bits per heavy atom. The smallest absolute Gasteiger partial charge is 0.324 e. The van der Waals surface area contributed by atoms with E-state index < -0.39 is 29.4 Å². The van der Waals surface area contributed by atoms with Gasteiger partial charge in [0, 0.05) is 11.6 Å². The summed E-state index contributed by atoms with van der Waals surface area (Å²) >= 11 is 0. The van der Waals surface area contributed by atoms with Crippen LogP contribution in [0.25, 0.3) is 10.9 Å². The lowest BCUT2D eigenvalue weighted by Crippen LogP contribution is -2.32. The molecule has 2 heterocycles. The first-order chi connectivity index (χ1) is 12.5. The molecule has 8 heteroatoms. The van der Waals surface area contributed by atoms with E-state index in [2.05, 4.69) is 4.98 Å². The van der Waals surface area contributed by atoms with Gasteiger partial charge in [0.2, 0.25) is 0 Å². The Balaban J connectivity index is 1.66. The topological polar surface area (TPSA) is 76.6 Å². The van der Waals surface area contributed by atoms with Crippen molar-refractivity contribution in [1.29, 1.82) is 0 Å². The van der Waals surface area contributed by atoms with Crippen LogP contribution in [0.4, 0.5) is 8.78 Å². The first kappa shape index (κ1) is 15.8. The van der Waals surface area contributed by atoms with E-state index in [0.717, 1.165) is 24.4 Å². The summed E-state index contributed by atoms with van der Waals surface area (Å²) in [6, 6.07) is 8.86. The maximum absolute atomic E-state index is 13.8. The number of hydrogen-bond acceptors (Lipinski definition) is 5. The molecule has 0 N–H and O–H groups in total. The normalized spacial score (nSPS) is 13.2. The number of imide groups is 1. The summed E-state index contributed by atoms with van der Waals surface area (Å²) in [5.74, 6) is -4.20. The van der Waals surface area contributed by atoms with Crippen LogP contribution in [0.1, 0.15) is 31.1 Å². The summed E-state index contributed by atoms with van der Waals surface area (Å²) < 4.78 is 27.5. The number of nitrogens with zero attached hydrogens (tertiary/aromatic N) is 2. The highest BCUT2D eigenvalue weighted by atomic mass is 19.1. The molecule has 2 aromatic carbocycles. The minimum atomic E-state index is -1.10. The number of rotatable bonds is 2. The zero-order chi connectivity index (χ0) is 18.4. The van der Waals surface area contributed by atoms with Crippen molar-refractivity contribution in [3.05, 3.63) is 77.0 Å². The van der Waals surface area contributed by atoms with Crippen LogP contribution in [0, 0.1) is 11.6 Å². The minimum absolute atomic E-state index is 0.107. The lowest BCUT2D eigenvalue weighted by molar-refractivity contribution is -0.0584. The molecule has 0 bridgehead atoms. The van der Waals surface area contributed by atoms with Crippen molar-refractivity contribution in [3.63, 3.8) is 0 Å². The third-order valence-electron chi connectivity index (χ3n) is 3.91. The quantitative estimate of drug-likeness (QED) is 0.662. The van der Waals surface area contributed by atoms with Gasteiger partial charge in [0.1, 0.15) is 17.2 Å². The SMILES string of the molecule is O=C(ON1C(=O)c2ccccc2C1=O)c1cnc2c(F)ccc(F)c2c1. The summed E-state index contributed by atoms with van der Waals surface area (Å²) in [6.07, 6.45) is 0.978. The molecule has 2 amide bonds. The van der Waals surface area contributed by atoms with Crippen molar-refractivity contribution < 1.29 is 28.0 Å². The Hall–Kier alpha value is -3.68. The van der Waals surface area contributed by atoms with Crippen LogP contribution in [-0.4, -0.2) is 27.8 Å². The Morgan fingerprint density at radius 2 is 1.58 bits per heavy atom. The Labute approximate surface area is 144 Å². The van der Waals surface area contributed by atoms with Crippen molar-refractivity contribution in [2.24, 2.45) is 0 Å². The van der Waals surface area contributed by atoms with E-state index in [1.807, 2.05) is 0 Å². The summed E-state index contributed by atoms with van der Waals surface area (Å²) in [5.41, 5.74) is -0.272. The molecule has 26 heavy (non-hydrogen) atoms. The van der Waals surface area contributed by atoms with E-state index in [1.54, 1.807) is 12.1 Å². The average molecular weight is 354 g/mol. The molecule has 0 fully saturated rings. The first-order valence-corrected chi connectivity index (χ1v) is 7.41. The van der Waals surface area contributed by atoms with Gasteiger partial charge in [0.05, 0.1) is 16.7 Å². The summed E-state index contributed by atoms with van der Waals surface area (Å²) in [4.78, 5) is 45.2. The molecule has 1 aromatic heterocycles. The van der Waals surface area contributed by atoms with E-state index in [1.165, 1.54) is 12.1 Å². The molecule has 128 valence electrons. The van der Waals surface area contributed by atoms with E-state index in [4.69, 9.17) is 4.84 Å². The number of carbonyl (C=O) groups excluding carboxylic acids is 3. The highest BCUT2D eigenvalue weighted by molar-refractivity contribution is 6.21. The number of fused-ring (bicyclic) bond motifs is 2. The van der Waals surface area contributed by atoms with Crippen LogP contribution < -0.4 is 0 Å². The van der Waals surface area contributed by atoms with E-state index in [0.29, 0.717) is 5.06 Å². The molecule has 0 aliphatic carbocycles. The second-order valence-corrected chi connectivity index (χ2v) is 5.48. The highest BCUT2D eigenvalue weighted by Crippen LogP contribution is 2.24. The van der Waals surface area contributed by atoms with Crippen molar-refractivity contribution in [3.8, 4) is 0 Å². The Kier molecular flexibility index (Phi) is 3.47. The van der Waals surface area contributed by atoms with Gasteiger partial charge >= 0.3 is 5.97 Å². The van der Waals surface area contributed by atoms with Gasteiger partial charge in [-0.25, -0.2) is 13.6 Å². The fourth-order valence-corrected chi connectivity index (χ4v) is 2.65. The predicted molar refractivity (Wildman–Crippen MR) is 84.0 cm³/mol. The second kappa shape index (κ2) is 5.69. The highest BCUT2D eigenvalue weighted by Gasteiger charge is 2.38. The lowest BCUT2D eigenvalue weighted by Gasteiger charge is -2.12. The van der Waals surface area contributed by atoms with Crippen molar-refractivity contribution in [1.82, 2.24) is 10.0 Å². The maximum Gasteiger partial charge on any atom is 0.365 e. The summed E-state index contributed by atoms with van der Waals surface area (Å²) in [5, 5.41) is 0.112. The van der Waals surface area contributed by atoms with E-state index >= 15 is 0 Å². The van der Waals surface area contributed by atoms with Gasteiger partial charge in [-0.1, -0.05) is 17.2 Å². The molecule has 0 spiro atoms. The van der Waals surface area contributed by atoms with Crippen molar-refractivity contribution >= 4 is 28.7 Å². The molecule has 0 radical (unpaired) electrons. The largest absolute Gasteiger partial charge is 0.365 e. The minimum Gasteiger partial charge on any atom is -0.324 e. The number of aromatic nitrogens is 1. The lowest BCUT2D eigenvalue weighted by atomic mass is 10.1. The van der Waals surface area contributed by atoms with Crippen LogP contribution in [0.5, 0.6) is 0 Å². The van der Waals surface area contributed by atoms with E-state index in [-0.39, 0.29) is 27.6 Å². The standard InChI is InChI=1S/C18H8F2N2O4/c19-13-5-6-14(20)15-12(13)7-9(8-21-15)18(25)26-22-16(23)10-3-1-2-4-11(10)17(22)24/h1-8H. The second-order valence-electron chi connectivity index (χ2n) is 5.48. The first-order valence-electron chi connectivity index (χ1n) is 7.41. The van der Waals surface area contributed by atoms with Crippen LogP contribution in [0.3, 0.4) is 0 Å². The van der Waals surface area contributed by atoms with Crippen LogP contribution in [-0.2, 0) is 4.84 Å². The van der Waals surface area contributed by atoms with Crippen LogP contribution in [0.2, 0.25) is 0 Å². The number of pyridine rings is 1. The van der Waals surface area contributed by atoms with Gasteiger partial charge in [-0.3, -0.25) is 14.6 Å². The van der Waals surface area contributed by atoms with Crippen molar-refractivity contribution in [2.75, 3.05) is 0 Å². The van der Waals surface area contributed by atoms with E-state index in [9.17, 15) is 23.2 Å².